The van der Waals surface area contributed by atoms with Gasteiger partial charge in [0.1, 0.15) is 0 Å². The lowest BCUT2D eigenvalue weighted by molar-refractivity contribution is 0.503. The van der Waals surface area contributed by atoms with Crippen LogP contribution < -0.4 is 0 Å². The topological polar surface area (TPSA) is 44.0 Å². The number of aliphatic hydroxyl groups is 1. The van der Waals surface area contributed by atoms with E-state index < -0.39 is 0 Å². The van der Waals surface area contributed by atoms with Gasteiger partial charge in [-0.15, -0.1) is 0 Å². The maximum atomic E-state index is 6.88. The highest BCUT2D eigenvalue weighted by molar-refractivity contribution is 4.99. The highest BCUT2D eigenvalue weighted by atomic mass is 16.2. The second-order valence-corrected chi connectivity index (χ2v) is 1.25. The summed E-state index contributed by atoms with van der Waals surface area (Å²) in [5.74, 6) is 0. The van der Waals surface area contributed by atoms with Crippen molar-refractivity contribution in [2.45, 2.75) is 0 Å². The predicted molar refractivity (Wildman–Crippen MR) is 34.0 cm³/mol. The van der Waals surface area contributed by atoms with Gasteiger partial charge in [-0.25, -0.2) is 0 Å². The number of aliphatic hydroxyl groups excluding tert-OH is 1. The van der Waals surface area contributed by atoms with Crippen molar-refractivity contribution in [2.75, 3.05) is 0 Å². The van der Waals surface area contributed by atoms with Gasteiger partial charge in [0.2, 0.25) is 0 Å². The Labute approximate surface area is 54.0 Å². The van der Waals surface area contributed by atoms with Gasteiger partial charge >= 0.3 is 0 Å². The van der Waals surface area contributed by atoms with Crippen molar-refractivity contribution in [3.05, 3.63) is 36.4 Å². The molecule has 1 rings (SSSR count). The molecule has 0 saturated carbocycles. The third-order valence-corrected chi connectivity index (χ3v) is 0.667. The van der Waals surface area contributed by atoms with Gasteiger partial charge in [0.05, 0.1) is 0 Å². The van der Waals surface area contributed by atoms with Crippen molar-refractivity contribution in [3.8, 4) is 6.26 Å². The summed E-state index contributed by atoms with van der Waals surface area (Å²) in [7, 11) is 0. The van der Waals surface area contributed by atoms with Crippen LogP contribution in [0.2, 0.25) is 0 Å². The molecule has 0 aliphatic heterocycles. The Kier molecular flexibility index (Phi) is 5.43. The van der Waals surface area contributed by atoms with Crippen molar-refractivity contribution in [2.24, 2.45) is 0 Å². The van der Waals surface area contributed by atoms with Crippen LogP contribution in [-0.4, -0.2) is 5.11 Å². The lowest BCUT2D eigenvalue weighted by Crippen LogP contribution is -1.47. The molecule has 0 atom stereocenters. The molecule has 0 saturated heterocycles. The van der Waals surface area contributed by atoms with E-state index in [0.717, 1.165) is 6.26 Å². The fourth-order valence-electron chi connectivity index (χ4n) is 0.385. The fraction of sp³-hybridized carbons (Fsp3) is 0. The van der Waals surface area contributed by atoms with E-state index in [4.69, 9.17) is 10.4 Å². The first-order chi connectivity index (χ1) is 4.41. The van der Waals surface area contributed by atoms with Gasteiger partial charge in [0.25, 0.3) is 6.26 Å². The molecular weight excluding hydrogens is 114 g/mol. The van der Waals surface area contributed by atoms with Crippen LogP contribution in [0.25, 0.3) is 0 Å². The summed E-state index contributed by atoms with van der Waals surface area (Å²) < 4.78 is 0. The molecule has 0 spiro atoms. The van der Waals surface area contributed by atoms with Crippen molar-refractivity contribution in [3.63, 3.8) is 0 Å². The molecule has 2 heteroatoms. The van der Waals surface area contributed by atoms with E-state index in [2.05, 4.69) is 0 Å². The first-order valence-corrected chi connectivity index (χ1v) is 2.45. The highest BCUT2D eigenvalue weighted by Gasteiger charge is 1.57. The van der Waals surface area contributed by atoms with Gasteiger partial charge in [0.15, 0.2) is 0 Å². The number of hydrogen-bond donors (Lipinski definition) is 1. The number of benzene rings is 1. The fourth-order valence-corrected chi connectivity index (χ4v) is 0.385. The Bertz CT molecular complexity index is 139. The van der Waals surface area contributed by atoms with E-state index in [-0.39, 0.29) is 0 Å². The predicted octanol–water partition coefficient (Wildman–Crippen LogP) is 1.53. The van der Waals surface area contributed by atoms with E-state index in [9.17, 15) is 0 Å². The third-order valence-electron chi connectivity index (χ3n) is 0.667. The minimum atomic E-state index is 0.750. The first-order valence-electron chi connectivity index (χ1n) is 2.45. The zero-order valence-corrected chi connectivity index (χ0v) is 4.86. The second kappa shape index (κ2) is 6.51. The monoisotopic (exact) mass is 121 g/mol. The molecule has 0 aliphatic carbocycles. The van der Waals surface area contributed by atoms with Crippen LogP contribution in [0, 0.1) is 11.5 Å². The minimum absolute atomic E-state index is 0.750. The Morgan fingerprint density at radius 3 is 1.11 bits per heavy atom. The van der Waals surface area contributed by atoms with E-state index in [1.54, 1.807) is 0 Å². The van der Waals surface area contributed by atoms with E-state index in [1.807, 2.05) is 36.4 Å². The average molecular weight is 121 g/mol. The maximum Gasteiger partial charge on any atom is 0.283 e. The summed E-state index contributed by atoms with van der Waals surface area (Å²) in [6.45, 7) is 0. The Morgan fingerprint density at radius 1 is 0.889 bits per heavy atom. The third kappa shape index (κ3) is 6.51. The summed E-state index contributed by atoms with van der Waals surface area (Å²) >= 11 is 0. The highest BCUT2D eigenvalue weighted by Crippen LogP contribution is 1.79. The quantitative estimate of drug-likeness (QED) is 0.529. The van der Waals surface area contributed by atoms with E-state index in [1.165, 1.54) is 0 Å². The summed E-state index contributed by atoms with van der Waals surface area (Å²) in [6, 6.07) is 12.0. The Morgan fingerprint density at radius 2 is 1.00 bits per heavy atom. The van der Waals surface area contributed by atoms with Gasteiger partial charge < -0.3 is 5.11 Å². The maximum absolute atomic E-state index is 6.88. The van der Waals surface area contributed by atoms with Crippen LogP contribution in [0.15, 0.2) is 36.4 Å². The van der Waals surface area contributed by atoms with Crippen LogP contribution in [-0.2, 0) is 0 Å². The van der Waals surface area contributed by atoms with Gasteiger partial charge in [-0.05, 0) is 0 Å². The number of hydrogen-bond acceptors (Lipinski definition) is 2. The lowest BCUT2D eigenvalue weighted by atomic mass is 10.4. The minimum Gasteiger partial charge on any atom is -0.443 e. The summed E-state index contributed by atoms with van der Waals surface area (Å²) in [6.07, 6.45) is 0.750. The summed E-state index contributed by atoms with van der Waals surface area (Å²) in [5, 5.41) is 13.8. The Balaban J connectivity index is 0.000000187. The molecule has 2 nitrogen and oxygen atoms in total. The zero-order chi connectivity index (χ0) is 6.95. The standard InChI is InChI=1S/C6H6.CHNO/c1-2-4-6-5-3-1;2-1-3/h1-6H;3H. The number of rotatable bonds is 0. The SMILES string of the molecule is N#CO.c1ccccc1. The number of nitriles is 1. The van der Waals surface area contributed by atoms with Crippen molar-refractivity contribution in [1.82, 2.24) is 0 Å². The van der Waals surface area contributed by atoms with Gasteiger partial charge in [0, 0.05) is 0 Å². The first kappa shape index (κ1) is 7.51. The molecule has 1 aromatic carbocycles. The molecule has 0 unspecified atom stereocenters. The van der Waals surface area contributed by atoms with Crippen molar-refractivity contribution >= 4 is 0 Å². The Hall–Kier alpha value is -1.49. The van der Waals surface area contributed by atoms with Crippen LogP contribution in [0.1, 0.15) is 0 Å². The molecule has 46 valence electrons. The largest absolute Gasteiger partial charge is 0.443 e. The molecule has 1 N–H and O–H groups in total. The molecule has 0 aromatic heterocycles. The van der Waals surface area contributed by atoms with E-state index in [0.29, 0.717) is 0 Å². The summed E-state index contributed by atoms with van der Waals surface area (Å²) in [5.41, 5.74) is 0. The summed E-state index contributed by atoms with van der Waals surface area (Å²) in [4.78, 5) is 0. The van der Waals surface area contributed by atoms with Crippen LogP contribution in [0.3, 0.4) is 0 Å². The van der Waals surface area contributed by atoms with Gasteiger partial charge in [-0.2, -0.15) is 5.26 Å². The smallest absolute Gasteiger partial charge is 0.283 e. The average Bonchev–Trinajstić information content (AvgIpc) is 1.93. The molecule has 0 aliphatic rings. The van der Waals surface area contributed by atoms with Crippen LogP contribution >= 0.6 is 0 Å². The van der Waals surface area contributed by atoms with Crippen molar-refractivity contribution in [1.29, 1.82) is 5.26 Å². The zero-order valence-electron chi connectivity index (χ0n) is 4.86. The van der Waals surface area contributed by atoms with Gasteiger partial charge in [-0.3, -0.25) is 0 Å². The molecule has 0 amide bonds. The number of nitrogens with zero attached hydrogens (tertiary/aromatic N) is 1. The van der Waals surface area contributed by atoms with Crippen LogP contribution in [0.4, 0.5) is 0 Å². The van der Waals surface area contributed by atoms with Gasteiger partial charge in [-0.1, -0.05) is 36.4 Å². The molecule has 0 fully saturated rings. The normalized spacial score (nSPS) is 6.11. The molecule has 0 radical (unpaired) electrons. The molecule has 0 heterocycles. The second-order valence-electron chi connectivity index (χ2n) is 1.25. The van der Waals surface area contributed by atoms with Crippen molar-refractivity contribution < 1.29 is 5.11 Å². The molecule has 0 bridgehead atoms. The van der Waals surface area contributed by atoms with E-state index >= 15 is 0 Å². The molecule has 1 aromatic rings. The molecule has 9 heavy (non-hydrogen) atoms. The molecular formula is C7H7NO. The lowest BCUT2D eigenvalue weighted by Gasteiger charge is -1.69. The van der Waals surface area contributed by atoms with Crippen LogP contribution in [0.5, 0.6) is 0 Å².